The summed E-state index contributed by atoms with van der Waals surface area (Å²) >= 11 is 7.34. The molecule has 2 fully saturated rings. The molecule has 3 nitrogen and oxygen atoms in total. The maximum absolute atomic E-state index is 11.3. The summed E-state index contributed by atoms with van der Waals surface area (Å²) in [6, 6.07) is 0. The van der Waals surface area contributed by atoms with Crippen molar-refractivity contribution >= 4 is 37.8 Å². The number of hydrogen-bond donors (Lipinski definition) is 2. The molecule has 0 saturated heterocycles. The number of hydrogen-bond acceptors (Lipinski definition) is 2. The highest BCUT2D eigenvalue weighted by atomic mass is 79.9. The monoisotopic (exact) mass is 353 g/mol. The molecule has 3 N–H and O–H groups in total. The number of carbonyl (C=O) groups excluding carboxylic acids is 1. The summed E-state index contributed by atoms with van der Waals surface area (Å²) in [6.45, 7) is 4.05. The number of carbonyl (C=O) groups is 1. The van der Waals surface area contributed by atoms with Gasteiger partial charge in [-0.05, 0) is 18.3 Å². The lowest BCUT2D eigenvalue weighted by molar-refractivity contribution is -0.123. The molecule has 4 atom stereocenters. The number of nitrogens with two attached hydrogens (primary N) is 1. The fourth-order valence-corrected chi connectivity index (χ4v) is 6.31. The van der Waals surface area contributed by atoms with Gasteiger partial charge in [0.15, 0.2) is 0 Å². The molecule has 0 unspecified atom stereocenters. The van der Waals surface area contributed by atoms with Gasteiger partial charge in [0.2, 0.25) is 5.91 Å². The molecule has 16 heavy (non-hydrogen) atoms. The second-order valence-corrected chi connectivity index (χ2v) is 8.10. The molecule has 0 aromatic carbocycles. The van der Waals surface area contributed by atoms with Crippen LogP contribution < -0.4 is 5.73 Å². The zero-order valence-electron chi connectivity index (χ0n) is 9.46. The van der Waals surface area contributed by atoms with Gasteiger partial charge in [0.05, 0.1) is 10.4 Å². The summed E-state index contributed by atoms with van der Waals surface area (Å²) in [5.41, 5.74) is 4.82. The number of halogens is 2. The first kappa shape index (κ1) is 12.8. The third-order valence-corrected chi connectivity index (χ3v) is 8.37. The Morgan fingerprint density at radius 2 is 2.06 bits per heavy atom. The highest BCUT2D eigenvalue weighted by Gasteiger charge is 2.73. The standard InChI is InChI=1S/C11H17Br2NO2/c1-9(2)8(16)11(13)4-3-10(9,7(11)12)5-6(14)15/h7-8,16H,3-5H2,1-2H3,(H2,14,15)/t7-,8-,10-,11-/m1/s1. The number of aliphatic hydroxyl groups is 1. The van der Waals surface area contributed by atoms with Crippen molar-refractivity contribution in [3.8, 4) is 0 Å². The van der Waals surface area contributed by atoms with Gasteiger partial charge in [-0.25, -0.2) is 0 Å². The van der Waals surface area contributed by atoms with Crippen molar-refractivity contribution in [2.75, 3.05) is 0 Å². The van der Waals surface area contributed by atoms with Gasteiger partial charge in [0.1, 0.15) is 0 Å². The summed E-state index contributed by atoms with van der Waals surface area (Å²) in [5, 5.41) is 10.4. The van der Waals surface area contributed by atoms with E-state index in [2.05, 4.69) is 31.9 Å². The number of primary amides is 1. The Bertz CT molecular complexity index is 347. The highest BCUT2D eigenvalue weighted by Crippen LogP contribution is 2.72. The Balaban J connectivity index is 2.48. The van der Waals surface area contributed by atoms with E-state index in [1.807, 2.05) is 13.8 Å². The summed E-state index contributed by atoms with van der Waals surface area (Å²) < 4.78 is -0.314. The SMILES string of the molecule is CC1(C)[C@@H](O)[C@@]2(Br)CC[C@@]1(CC(N)=O)[C@H]2Br. The van der Waals surface area contributed by atoms with Crippen molar-refractivity contribution in [1.29, 1.82) is 0 Å². The largest absolute Gasteiger partial charge is 0.391 e. The molecule has 5 heteroatoms. The van der Waals surface area contributed by atoms with E-state index in [-0.39, 0.29) is 25.9 Å². The van der Waals surface area contributed by atoms with Gasteiger partial charge in [-0.2, -0.15) is 0 Å². The van der Waals surface area contributed by atoms with Crippen LogP contribution in [0.15, 0.2) is 0 Å². The molecule has 0 heterocycles. The summed E-state index contributed by atoms with van der Waals surface area (Å²) in [4.78, 5) is 11.4. The number of rotatable bonds is 2. The quantitative estimate of drug-likeness (QED) is 0.744. The Morgan fingerprint density at radius 1 is 1.50 bits per heavy atom. The number of amides is 1. The zero-order valence-corrected chi connectivity index (χ0v) is 12.6. The van der Waals surface area contributed by atoms with Gasteiger partial charge in [-0.1, -0.05) is 45.7 Å². The third-order valence-electron chi connectivity index (χ3n) is 4.77. The van der Waals surface area contributed by atoms with Crippen molar-refractivity contribution in [1.82, 2.24) is 0 Å². The van der Waals surface area contributed by atoms with E-state index >= 15 is 0 Å². The molecular weight excluding hydrogens is 338 g/mol. The first-order valence-electron chi connectivity index (χ1n) is 5.48. The van der Waals surface area contributed by atoms with Crippen molar-refractivity contribution < 1.29 is 9.90 Å². The molecule has 2 aliphatic carbocycles. The summed E-state index contributed by atoms with van der Waals surface area (Å²) in [6.07, 6.45) is 1.67. The average molecular weight is 355 g/mol. The number of alkyl halides is 2. The van der Waals surface area contributed by atoms with Crippen LogP contribution in [-0.2, 0) is 4.79 Å². The second kappa shape index (κ2) is 3.45. The number of fused-ring (bicyclic) bond motifs is 2. The van der Waals surface area contributed by atoms with Gasteiger partial charge in [0, 0.05) is 16.7 Å². The summed E-state index contributed by atoms with van der Waals surface area (Å²) in [5.74, 6) is -0.289. The molecular formula is C11H17Br2NO2. The topological polar surface area (TPSA) is 63.3 Å². The van der Waals surface area contributed by atoms with Crippen LogP contribution in [0.3, 0.4) is 0 Å². The first-order chi connectivity index (χ1) is 7.18. The van der Waals surface area contributed by atoms with Crippen LogP contribution in [0.25, 0.3) is 0 Å². The maximum Gasteiger partial charge on any atom is 0.218 e. The fraction of sp³-hybridized carbons (Fsp3) is 0.909. The predicted octanol–water partition coefficient (Wildman–Crippen LogP) is 1.94. The highest BCUT2D eigenvalue weighted by molar-refractivity contribution is 9.12. The average Bonchev–Trinajstić information content (AvgIpc) is 2.46. The van der Waals surface area contributed by atoms with Gasteiger partial charge in [-0.3, -0.25) is 4.79 Å². The van der Waals surface area contributed by atoms with E-state index in [0.29, 0.717) is 6.42 Å². The maximum atomic E-state index is 11.3. The molecule has 2 rings (SSSR count). The number of aliphatic hydroxyl groups excluding tert-OH is 1. The Hall–Kier alpha value is 0.390. The molecule has 0 aromatic rings. The van der Waals surface area contributed by atoms with Crippen LogP contribution in [0.5, 0.6) is 0 Å². The van der Waals surface area contributed by atoms with Crippen molar-refractivity contribution in [2.24, 2.45) is 16.6 Å². The van der Waals surface area contributed by atoms with E-state index in [1.165, 1.54) is 0 Å². The van der Waals surface area contributed by atoms with E-state index in [1.54, 1.807) is 0 Å². The predicted molar refractivity (Wildman–Crippen MR) is 69.6 cm³/mol. The third kappa shape index (κ3) is 1.25. The molecule has 0 aliphatic heterocycles. The van der Waals surface area contributed by atoms with Crippen LogP contribution in [0, 0.1) is 10.8 Å². The van der Waals surface area contributed by atoms with Crippen LogP contribution in [0.2, 0.25) is 0 Å². The minimum atomic E-state index is -0.461. The fourth-order valence-electron chi connectivity index (χ4n) is 3.64. The van der Waals surface area contributed by atoms with Gasteiger partial charge < -0.3 is 10.8 Å². The van der Waals surface area contributed by atoms with Crippen molar-refractivity contribution in [3.63, 3.8) is 0 Å². The van der Waals surface area contributed by atoms with Crippen LogP contribution in [0.4, 0.5) is 0 Å². The molecule has 2 aliphatic rings. The van der Waals surface area contributed by atoms with Crippen LogP contribution in [0.1, 0.15) is 33.1 Å². The summed E-state index contributed by atoms with van der Waals surface area (Å²) in [7, 11) is 0. The minimum Gasteiger partial charge on any atom is -0.391 e. The second-order valence-electron chi connectivity index (χ2n) is 5.71. The Morgan fingerprint density at radius 3 is 2.44 bits per heavy atom. The Kier molecular flexibility index (Phi) is 2.77. The normalized spacial score (nSPS) is 49.6. The van der Waals surface area contributed by atoms with Crippen molar-refractivity contribution in [2.45, 2.75) is 48.4 Å². The molecule has 0 aromatic heterocycles. The van der Waals surface area contributed by atoms with E-state index in [4.69, 9.17) is 5.73 Å². The van der Waals surface area contributed by atoms with Crippen LogP contribution in [-0.4, -0.2) is 26.3 Å². The lowest BCUT2D eigenvalue weighted by Gasteiger charge is -2.45. The zero-order chi connectivity index (χ0) is 12.4. The van der Waals surface area contributed by atoms with E-state index < -0.39 is 6.10 Å². The van der Waals surface area contributed by atoms with E-state index in [0.717, 1.165) is 12.8 Å². The first-order valence-corrected chi connectivity index (χ1v) is 7.19. The lowest BCUT2D eigenvalue weighted by atomic mass is 9.62. The molecule has 2 saturated carbocycles. The Labute approximate surface area is 112 Å². The molecule has 2 bridgehead atoms. The lowest BCUT2D eigenvalue weighted by Crippen LogP contribution is -2.47. The van der Waals surface area contributed by atoms with Gasteiger partial charge in [0.25, 0.3) is 0 Å². The molecule has 0 spiro atoms. The molecule has 0 radical (unpaired) electrons. The van der Waals surface area contributed by atoms with Gasteiger partial charge >= 0.3 is 0 Å². The van der Waals surface area contributed by atoms with Crippen LogP contribution >= 0.6 is 31.9 Å². The molecule has 1 amide bonds. The van der Waals surface area contributed by atoms with Crippen molar-refractivity contribution in [3.05, 3.63) is 0 Å². The minimum absolute atomic E-state index is 0.0880. The van der Waals surface area contributed by atoms with Gasteiger partial charge in [-0.15, -0.1) is 0 Å². The van der Waals surface area contributed by atoms with E-state index in [9.17, 15) is 9.90 Å². The molecule has 92 valence electrons. The smallest absolute Gasteiger partial charge is 0.218 e.